The van der Waals surface area contributed by atoms with Gasteiger partial charge in [0.05, 0.1) is 6.54 Å². The number of carbonyl (C=O) groups excluding carboxylic acids is 1. The number of hydrogen-bond donors (Lipinski definition) is 2. The van der Waals surface area contributed by atoms with E-state index in [-0.39, 0.29) is 5.91 Å². The van der Waals surface area contributed by atoms with Crippen molar-refractivity contribution in [3.8, 4) is 0 Å². The van der Waals surface area contributed by atoms with E-state index in [1.54, 1.807) is 0 Å². The second kappa shape index (κ2) is 7.38. The lowest BCUT2D eigenvalue weighted by atomic mass is 10.1. The van der Waals surface area contributed by atoms with Crippen LogP contribution < -0.4 is 11.3 Å². The number of nitrogens with two attached hydrogens (primary N) is 1. The lowest BCUT2D eigenvalue weighted by Gasteiger charge is -2.34. The maximum atomic E-state index is 11.2. The standard InChI is InChI=1S/C15H24N4O/c1-2-13-3-5-14(6-4-13)11-18-7-9-19(10-8-18)12-15(20)17-16/h3-6H,2,7-12,16H2,1H3,(H,17,20). The Kier molecular flexibility index (Phi) is 5.52. The minimum absolute atomic E-state index is 0.117. The molecule has 1 aliphatic heterocycles. The van der Waals surface area contributed by atoms with Crippen LogP contribution in [0.25, 0.3) is 0 Å². The smallest absolute Gasteiger partial charge is 0.248 e. The van der Waals surface area contributed by atoms with Gasteiger partial charge in [-0.1, -0.05) is 31.2 Å². The van der Waals surface area contributed by atoms with E-state index in [1.807, 2.05) is 0 Å². The molecule has 110 valence electrons. The van der Waals surface area contributed by atoms with Crippen molar-refractivity contribution in [2.24, 2.45) is 5.84 Å². The first-order chi connectivity index (χ1) is 9.71. The molecule has 0 spiro atoms. The van der Waals surface area contributed by atoms with E-state index < -0.39 is 0 Å². The minimum Gasteiger partial charge on any atom is -0.297 e. The van der Waals surface area contributed by atoms with Crippen molar-refractivity contribution in [1.82, 2.24) is 15.2 Å². The molecule has 0 aliphatic carbocycles. The summed E-state index contributed by atoms with van der Waals surface area (Å²) < 4.78 is 0. The van der Waals surface area contributed by atoms with E-state index in [1.165, 1.54) is 11.1 Å². The Labute approximate surface area is 120 Å². The molecule has 0 atom stereocenters. The highest BCUT2D eigenvalue weighted by Gasteiger charge is 2.18. The first kappa shape index (κ1) is 15.0. The molecule has 0 unspecified atom stereocenters. The molecule has 0 saturated carbocycles. The SMILES string of the molecule is CCc1ccc(CN2CCN(CC(=O)NN)CC2)cc1. The predicted octanol–water partition coefficient (Wildman–Crippen LogP) is 0.357. The highest BCUT2D eigenvalue weighted by atomic mass is 16.2. The van der Waals surface area contributed by atoms with Crippen molar-refractivity contribution in [3.05, 3.63) is 35.4 Å². The Balaban J connectivity index is 1.77. The number of hydrazine groups is 1. The first-order valence-electron chi connectivity index (χ1n) is 7.23. The highest BCUT2D eigenvalue weighted by Crippen LogP contribution is 2.10. The largest absolute Gasteiger partial charge is 0.297 e. The van der Waals surface area contributed by atoms with Gasteiger partial charge in [0.15, 0.2) is 0 Å². The summed E-state index contributed by atoms with van der Waals surface area (Å²) in [5.74, 6) is 4.99. The summed E-state index contributed by atoms with van der Waals surface area (Å²) in [5, 5.41) is 0. The lowest BCUT2D eigenvalue weighted by molar-refractivity contribution is -0.122. The Hall–Kier alpha value is -1.43. The molecule has 0 aromatic heterocycles. The van der Waals surface area contributed by atoms with Crippen LogP contribution in [0, 0.1) is 0 Å². The minimum atomic E-state index is -0.117. The molecule has 1 aromatic rings. The molecule has 1 aliphatic rings. The van der Waals surface area contributed by atoms with Gasteiger partial charge in [-0.05, 0) is 17.5 Å². The Morgan fingerprint density at radius 2 is 1.65 bits per heavy atom. The van der Waals surface area contributed by atoms with E-state index in [0.29, 0.717) is 6.54 Å². The topological polar surface area (TPSA) is 61.6 Å². The van der Waals surface area contributed by atoms with Gasteiger partial charge in [0.1, 0.15) is 0 Å². The van der Waals surface area contributed by atoms with E-state index in [9.17, 15) is 4.79 Å². The molecule has 20 heavy (non-hydrogen) atoms. The second-order valence-electron chi connectivity index (χ2n) is 5.29. The number of nitrogens with one attached hydrogen (secondary N) is 1. The lowest BCUT2D eigenvalue weighted by Crippen LogP contribution is -2.49. The number of amides is 1. The van der Waals surface area contributed by atoms with Gasteiger partial charge in [0.25, 0.3) is 0 Å². The molecule has 1 aromatic carbocycles. The molecule has 2 rings (SSSR count). The molecular formula is C15H24N4O. The number of benzene rings is 1. The van der Waals surface area contributed by atoms with Crippen molar-refractivity contribution < 1.29 is 4.79 Å². The third-order valence-electron chi connectivity index (χ3n) is 3.83. The van der Waals surface area contributed by atoms with Gasteiger partial charge >= 0.3 is 0 Å². The summed E-state index contributed by atoms with van der Waals surface area (Å²) in [7, 11) is 0. The first-order valence-corrected chi connectivity index (χ1v) is 7.23. The van der Waals surface area contributed by atoms with Crippen LogP contribution in [-0.2, 0) is 17.8 Å². The van der Waals surface area contributed by atoms with Gasteiger partial charge in [-0.3, -0.25) is 20.0 Å². The molecule has 3 N–H and O–H groups in total. The molecule has 5 nitrogen and oxygen atoms in total. The molecule has 1 heterocycles. The summed E-state index contributed by atoms with van der Waals surface area (Å²) >= 11 is 0. The molecule has 1 fully saturated rings. The van der Waals surface area contributed by atoms with Gasteiger partial charge in [-0.15, -0.1) is 0 Å². The van der Waals surface area contributed by atoms with Crippen LogP contribution in [0.4, 0.5) is 0 Å². The van der Waals surface area contributed by atoms with E-state index >= 15 is 0 Å². The Morgan fingerprint density at radius 3 is 2.20 bits per heavy atom. The highest BCUT2D eigenvalue weighted by molar-refractivity contribution is 5.77. The van der Waals surface area contributed by atoms with Crippen LogP contribution in [0.15, 0.2) is 24.3 Å². The van der Waals surface area contributed by atoms with Crippen molar-refractivity contribution >= 4 is 5.91 Å². The summed E-state index contributed by atoms with van der Waals surface area (Å²) in [6.45, 7) is 7.38. The number of carbonyl (C=O) groups is 1. The fourth-order valence-electron chi connectivity index (χ4n) is 2.49. The number of aryl methyl sites for hydroxylation is 1. The summed E-state index contributed by atoms with van der Waals surface area (Å²) in [6, 6.07) is 8.84. The molecule has 0 radical (unpaired) electrons. The maximum Gasteiger partial charge on any atom is 0.248 e. The summed E-state index contributed by atoms with van der Waals surface area (Å²) in [5.41, 5.74) is 4.92. The zero-order valence-electron chi connectivity index (χ0n) is 12.1. The number of piperazine rings is 1. The zero-order chi connectivity index (χ0) is 14.4. The van der Waals surface area contributed by atoms with Crippen LogP contribution >= 0.6 is 0 Å². The Morgan fingerprint density at radius 1 is 1.10 bits per heavy atom. The van der Waals surface area contributed by atoms with E-state index in [4.69, 9.17) is 5.84 Å². The third kappa shape index (κ3) is 4.30. The van der Waals surface area contributed by atoms with Gasteiger partial charge in [-0.2, -0.15) is 0 Å². The van der Waals surface area contributed by atoms with Gasteiger partial charge in [-0.25, -0.2) is 5.84 Å². The molecule has 5 heteroatoms. The fourth-order valence-corrected chi connectivity index (χ4v) is 2.49. The second-order valence-corrected chi connectivity index (χ2v) is 5.29. The van der Waals surface area contributed by atoms with Gasteiger partial charge < -0.3 is 0 Å². The van der Waals surface area contributed by atoms with Gasteiger partial charge in [0.2, 0.25) is 5.91 Å². The Bertz CT molecular complexity index is 424. The van der Waals surface area contributed by atoms with Crippen LogP contribution in [0.2, 0.25) is 0 Å². The van der Waals surface area contributed by atoms with Crippen LogP contribution in [0.1, 0.15) is 18.1 Å². The van der Waals surface area contributed by atoms with E-state index in [2.05, 4.69) is 46.4 Å². The van der Waals surface area contributed by atoms with Crippen molar-refractivity contribution in [2.75, 3.05) is 32.7 Å². The fraction of sp³-hybridized carbons (Fsp3) is 0.533. The molecule has 1 amide bonds. The molecule has 0 bridgehead atoms. The van der Waals surface area contributed by atoms with Gasteiger partial charge in [0, 0.05) is 32.7 Å². The average Bonchev–Trinajstić information content (AvgIpc) is 2.50. The summed E-state index contributed by atoms with van der Waals surface area (Å²) in [4.78, 5) is 15.8. The molecule has 1 saturated heterocycles. The number of hydrogen-bond acceptors (Lipinski definition) is 4. The normalized spacial score (nSPS) is 17.1. The van der Waals surface area contributed by atoms with Crippen LogP contribution in [-0.4, -0.2) is 48.4 Å². The maximum absolute atomic E-state index is 11.2. The van der Waals surface area contributed by atoms with Crippen molar-refractivity contribution in [2.45, 2.75) is 19.9 Å². The van der Waals surface area contributed by atoms with Crippen molar-refractivity contribution in [1.29, 1.82) is 0 Å². The number of nitrogens with zero attached hydrogens (tertiary/aromatic N) is 2. The third-order valence-corrected chi connectivity index (χ3v) is 3.83. The van der Waals surface area contributed by atoms with Crippen molar-refractivity contribution in [3.63, 3.8) is 0 Å². The average molecular weight is 276 g/mol. The van der Waals surface area contributed by atoms with E-state index in [0.717, 1.165) is 39.1 Å². The monoisotopic (exact) mass is 276 g/mol. The number of rotatable bonds is 5. The molecular weight excluding hydrogens is 252 g/mol. The summed E-state index contributed by atoms with van der Waals surface area (Å²) in [6.07, 6.45) is 1.09. The predicted molar refractivity (Wildman–Crippen MR) is 79.9 cm³/mol. The zero-order valence-corrected chi connectivity index (χ0v) is 12.1. The van der Waals surface area contributed by atoms with Crippen LogP contribution in [0.5, 0.6) is 0 Å². The van der Waals surface area contributed by atoms with Crippen LogP contribution in [0.3, 0.4) is 0 Å². The quantitative estimate of drug-likeness (QED) is 0.463.